The molecule has 0 aliphatic carbocycles. The van der Waals surface area contributed by atoms with Gasteiger partial charge in [-0.2, -0.15) is 4.31 Å². The summed E-state index contributed by atoms with van der Waals surface area (Å²) in [5, 5.41) is 3.36. The SMILES string of the molecule is Cc1cccc(S(=O)(=O)N2CCC3CNCC3C2)c1. The van der Waals surface area contributed by atoms with Crippen LogP contribution in [-0.4, -0.2) is 38.9 Å². The normalized spacial score (nSPS) is 28.3. The van der Waals surface area contributed by atoms with Crippen LogP contribution in [0.4, 0.5) is 0 Å². The topological polar surface area (TPSA) is 49.4 Å². The molecular weight excluding hydrogens is 260 g/mol. The third-order valence-electron chi connectivity index (χ3n) is 4.29. The standard InChI is InChI=1S/C14H20N2O2S/c1-11-3-2-4-14(7-11)19(17,18)16-6-5-12-8-15-9-13(12)10-16/h2-4,7,12-13,15H,5-6,8-10H2,1H3. The summed E-state index contributed by atoms with van der Waals surface area (Å²) in [6.45, 7) is 5.23. The van der Waals surface area contributed by atoms with E-state index in [0.29, 0.717) is 29.8 Å². The molecule has 2 fully saturated rings. The maximum atomic E-state index is 12.6. The summed E-state index contributed by atoms with van der Waals surface area (Å²) in [5.74, 6) is 1.14. The second kappa shape index (κ2) is 4.89. The maximum absolute atomic E-state index is 12.6. The Morgan fingerprint density at radius 3 is 2.84 bits per heavy atom. The molecule has 2 unspecified atom stereocenters. The average molecular weight is 280 g/mol. The highest BCUT2D eigenvalue weighted by molar-refractivity contribution is 7.89. The van der Waals surface area contributed by atoms with Crippen molar-refractivity contribution in [3.05, 3.63) is 29.8 Å². The Morgan fingerprint density at radius 2 is 2.05 bits per heavy atom. The van der Waals surface area contributed by atoms with Crippen molar-refractivity contribution in [2.75, 3.05) is 26.2 Å². The summed E-state index contributed by atoms with van der Waals surface area (Å²) in [7, 11) is -3.32. The van der Waals surface area contributed by atoms with Crippen molar-refractivity contribution in [2.45, 2.75) is 18.2 Å². The lowest BCUT2D eigenvalue weighted by atomic mass is 9.90. The zero-order chi connectivity index (χ0) is 13.5. The number of aryl methyl sites for hydroxylation is 1. The van der Waals surface area contributed by atoms with Crippen LogP contribution in [0.3, 0.4) is 0 Å². The Hall–Kier alpha value is -0.910. The molecule has 0 bridgehead atoms. The lowest BCUT2D eigenvalue weighted by Gasteiger charge is -2.33. The van der Waals surface area contributed by atoms with E-state index in [-0.39, 0.29) is 0 Å². The molecule has 0 amide bonds. The van der Waals surface area contributed by atoms with Gasteiger partial charge in [-0.25, -0.2) is 8.42 Å². The molecule has 2 saturated heterocycles. The Bertz CT molecular complexity index is 571. The van der Waals surface area contributed by atoms with Crippen LogP contribution < -0.4 is 5.32 Å². The number of piperidine rings is 1. The van der Waals surface area contributed by atoms with Gasteiger partial charge in [-0.3, -0.25) is 0 Å². The van der Waals surface area contributed by atoms with E-state index in [1.54, 1.807) is 16.4 Å². The Labute approximate surface area is 114 Å². The Kier molecular flexibility index (Phi) is 3.37. The number of benzene rings is 1. The van der Waals surface area contributed by atoms with Crippen LogP contribution in [0, 0.1) is 18.8 Å². The van der Waals surface area contributed by atoms with Gasteiger partial charge >= 0.3 is 0 Å². The minimum Gasteiger partial charge on any atom is -0.316 e. The van der Waals surface area contributed by atoms with Gasteiger partial charge in [0.2, 0.25) is 10.0 Å². The van der Waals surface area contributed by atoms with Crippen LogP contribution in [0.1, 0.15) is 12.0 Å². The molecule has 2 heterocycles. The first-order valence-electron chi connectivity index (χ1n) is 6.85. The molecule has 4 nitrogen and oxygen atoms in total. The van der Waals surface area contributed by atoms with Gasteiger partial charge in [0.1, 0.15) is 0 Å². The fourth-order valence-electron chi connectivity index (χ4n) is 3.14. The third-order valence-corrected chi connectivity index (χ3v) is 6.16. The molecule has 0 radical (unpaired) electrons. The van der Waals surface area contributed by atoms with Crippen molar-refractivity contribution in [3.63, 3.8) is 0 Å². The molecule has 5 heteroatoms. The molecule has 104 valence electrons. The van der Waals surface area contributed by atoms with E-state index in [2.05, 4.69) is 5.32 Å². The Balaban J connectivity index is 1.85. The Morgan fingerprint density at radius 1 is 1.26 bits per heavy atom. The number of nitrogens with one attached hydrogen (secondary N) is 1. The minimum absolute atomic E-state index is 0.428. The molecule has 1 aromatic rings. The van der Waals surface area contributed by atoms with Crippen LogP contribution in [0.2, 0.25) is 0 Å². The number of nitrogens with zero attached hydrogens (tertiary/aromatic N) is 1. The fourth-order valence-corrected chi connectivity index (χ4v) is 4.76. The van der Waals surface area contributed by atoms with E-state index >= 15 is 0 Å². The lowest BCUT2D eigenvalue weighted by Crippen LogP contribution is -2.43. The summed E-state index contributed by atoms with van der Waals surface area (Å²) in [5.41, 5.74) is 0.985. The highest BCUT2D eigenvalue weighted by Gasteiger charge is 2.37. The fraction of sp³-hybridized carbons (Fsp3) is 0.571. The van der Waals surface area contributed by atoms with Gasteiger partial charge in [-0.15, -0.1) is 0 Å². The highest BCUT2D eigenvalue weighted by atomic mass is 32.2. The lowest BCUT2D eigenvalue weighted by molar-refractivity contribution is 0.228. The smallest absolute Gasteiger partial charge is 0.243 e. The molecule has 2 aliphatic heterocycles. The molecule has 0 saturated carbocycles. The van der Waals surface area contributed by atoms with Crippen molar-refractivity contribution in [3.8, 4) is 0 Å². The molecule has 2 aliphatic rings. The van der Waals surface area contributed by atoms with Gasteiger partial charge in [0, 0.05) is 13.1 Å². The van der Waals surface area contributed by atoms with E-state index < -0.39 is 10.0 Å². The molecule has 2 atom stereocenters. The molecule has 1 N–H and O–H groups in total. The average Bonchev–Trinajstić information content (AvgIpc) is 2.85. The second-order valence-corrected chi connectivity index (χ2v) is 7.58. The first-order valence-corrected chi connectivity index (χ1v) is 8.29. The first kappa shape index (κ1) is 13.1. The largest absolute Gasteiger partial charge is 0.316 e. The molecule has 0 spiro atoms. The van der Waals surface area contributed by atoms with Crippen molar-refractivity contribution in [1.29, 1.82) is 0 Å². The number of hydrogen-bond acceptors (Lipinski definition) is 3. The van der Waals surface area contributed by atoms with Gasteiger partial charge in [-0.1, -0.05) is 12.1 Å². The third kappa shape index (κ3) is 2.42. The van der Waals surface area contributed by atoms with Crippen molar-refractivity contribution < 1.29 is 8.42 Å². The molecule has 19 heavy (non-hydrogen) atoms. The highest BCUT2D eigenvalue weighted by Crippen LogP contribution is 2.30. The second-order valence-electron chi connectivity index (χ2n) is 5.65. The van der Waals surface area contributed by atoms with Crippen LogP contribution >= 0.6 is 0 Å². The summed E-state index contributed by atoms with van der Waals surface area (Å²) in [6.07, 6.45) is 0.975. The first-order chi connectivity index (χ1) is 9.07. The van der Waals surface area contributed by atoms with Gasteiger partial charge < -0.3 is 5.32 Å². The zero-order valence-electron chi connectivity index (χ0n) is 11.2. The summed E-state index contributed by atoms with van der Waals surface area (Å²) in [6, 6.07) is 7.19. The quantitative estimate of drug-likeness (QED) is 0.886. The molecular formula is C14H20N2O2S. The van der Waals surface area contributed by atoms with Crippen LogP contribution in [0.5, 0.6) is 0 Å². The van der Waals surface area contributed by atoms with Gasteiger partial charge in [0.05, 0.1) is 4.90 Å². The number of fused-ring (bicyclic) bond motifs is 1. The maximum Gasteiger partial charge on any atom is 0.243 e. The van der Waals surface area contributed by atoms with Crippen molar-refractivity contribution in [1.82, 2.24) is 9.62 Å². The van der Waals surface area contributed by atoms with Crippen LogP contribution in [0.25, 0.3) is 0 Å². The number of rotatable bonds is 2. The minimum atomic E-state index is -3.32. The predicted molar refractivity (Wildman–Crippen MR) is 74.4 cm³/mol. The van der Waals surface area contributed by atoms with E-state index in [1.165, 1.54) is 0 Å². The zero-order valence-corrected chi connectivity index (χ0v) is 12.0. The predicted octanol–water partition coefficient (Wildman–Crippen LogP) is 1.23. The van der Waals surface area contributed by atoms with E-state index in [0.717, 1.165) is 25.1 Å². The molecule has 1 aromatic carbocycles. The van der Waals surface area contributed by atoms with E-state index in [4.69, 9.17) is 0 Å². The summed E-state index contributed by atoms with van der Waals surface area (Å²) < 4.78 is 26.9. The van der Waals surface area contributed by atoms with E-state index in [1.807, 2.05) is 19.1 Å². The summed E-state index contributed by atoms with van der Waals surface area (Å²) >= 11 is 0. The van der Waals surface area contributed by atoms with Crippen molar-refractivity contribution >= 4 is 10.0 Å². The van der Waals surface area contributed by atoms with Crippen LogP contribution in [0.15, 0.2) is 29.2 Å². The van der Waals surface area contributed by atoms with Crippen LogP contribution in [-0.2, 0) is 10.0 Å². The van der Waals surface area contributed by atoms with Gasteiger partial charge in [0.25, 0.3) is 0 Å². The van der Waals surface area contributed by atoms with Gasteiger partial charge in [0.15, 0.2) is 0 Å². The van der Waals surface area contributed by atoms with Gasteiger partial charge in [-0.05, 0) is 56.0 Å². The van der Waals surface area contributed by atoms with Crippen molar-refractivity contribution in [2.24, 2.45) is 11.8 Å². The summed E-state index contributed by atoms with van der Waals surface area (Å²) in [4.78, 5) is 0.428. The molecule has 3 rings (SSSR count). The monoisotopic (exact) mass is 280 g/mol. The molecule has 0 aromatic heterocycles. The number of sulfonamides is 1. The van der Waals surface area contributed by atoms with E-state index in [9.17, 15) is 8.42 Å². The number of hydrogen-bond donors (Lipinski definition) is 1.